The van der Waals surface area contributed by atoms with Gasteiger partial charge in [-0.3, -0.25) is 14.2 Å². The summed E-state index contributed by atoms with van der Waals surface area (Å²) in [5, 5.41) is 17.9. The van der Waals surface area contributed by atoms with Crippen LogP contribution in [-0.2, 0) is 11.8 Å². The smallest absolute Gasteiger partial charge is 0.407 e. The molecule has 3 N–H and O–H groups in total. The van der Waals surface area contributed by atoms with Gasteiger partial charge < -0.3 is 15.4 Å². The lowest BCUT2D eigenvalue weighted by molar-refractivity contribution is 0.0981. The zero-order valence-electron chi connectivity index (χ0n) is 18.8. The highest BCUT2D eigenvalue weighted by Gasteiger charge is 2.30. The molecular formula is C22H27N9O2. The van der Waals surface area contributed by atoms with Gasteiger partial charge in [0.1, 0.15) is 11.8 Å². The molecule has 2 atom stereocenters. The minimum atomic E-state index is -0.355. The molecule has 0 spiro atoms. The number of anilines is 2. The van der Waals surface area contributed by atoms with Gasteiger partial charge in [-0.05, 0) is 33.1 Å². The summed E-state index contributed by atoms with van der Waals surface area (Å²) in [5.41, 5.74) is 3.47. The molecule has 11 nitrogen and oxygen atoms in total. The zero-order valence-corrected chi connectivity index (χ0v) is 18.8. The third-order valence-corrected chi connectivity index (χ3v) is 5.73. The topological polar surface area (TPSA) is 127 Å². The molecule has 4 heterocycles. The molecule has 172 valence electrons. The fourth-order valence-corrected chi connectivity index (χ4v) is 4.19. The largest absolute Gasteiger partial charge is 0.446 e. The predicted octanol–water partition coefficient (Wildman–Crippen LogP) is 3.37. The second kappa shape index (κ2) is 8.57. The standard InChI is InChI=1S/C22H27N9O2/c1-13(2)25-22(32)33-16-5-4-14(8-16)18-9-19(29-28-18)27-21-26-17(15-11-24-30(3)12-15)10-20-23-6-7-31(20)21/h6-7,9-14,16H,4-5,8H2,1-3H3,(H,25,32)(H2,26,27,28,29)/t14-,16+/m1/s1. The lowest BCUT2D eigenvalue weighted by Crippen LogP contribution is -2.33. The lowest BCUT2D eigenvalue weighted by atomic mass is 10.0. The van der Waals surface area contributed by atoms with Gasteiger partial charge in [-0.15, -0.1) is 0 Å². The van der Waals surface area contributed by atoms with Gasteiger partial charge in [0.25, 0.3) is 0 Å². The summed E-state index contributed by atoms with van der Waals surface area (Å²) in [4.78, 5) is 21.1. The number of hydrogen-bond donors (Lipinski definition) is 3. The minimum Gasteiger partial charge on any atom is -0.446 e. The predicted molar refractivity (Wildman–Crippen MR) is 122 cm³/mol. The second-order valence-corrected chi connectivity index (χ2v) is 8.69. The van der Waals surface area contributed by atoms with Crippen molar-refractivity contribution in [3.8, 4) is 11.3 Å². The van der Waals surface area contributed by atoms with Crippen LogP contribution in [0.25, 0.3) is 16.9 Å². The van der Waals surface area contributed by atoms with Crippen LogP contribution in [0.15, 0.2) is 36.9 Å². The van der Waals surface area contributed by atoms with Gasteiger partial charge in [0.2, 0.25) is 5.95 Å². The van der Waals surface area contributed by atoms with E-state index in [2.05, 4.69) is 30.9 Å². The molecule has 1 aliphatic carbocycles. The van der Waals surface area contributed by atoms with Crippen molar-refractivity contribution in [1.82, 2.24) is 39.7 Å². The molecule has 0 saturated heterocycles. The third-order valence-electron chi connectivity index (χ3n) is 5.73. The summed E-state index contributed by atoms with van der Waals surface area (Å²) >= 11 is 0. The summed E-state index contributed by atoms with van der Waals surface area (Å²) < 4.78 is 9.16. The Morgan fingerprint density at radius 1 is 1.30 bits per heavy atom. The van der Waals surface area contributed by atoms with Crippen LogP contribution >= 0.6 is 0 Å². The summed E-state index contributed by atoms with van der Waals surface area (Å²) in [7, 11) is 1.87. The van der Waals surface area contributed by atoms with Crippen molar-refractivity contribution in [3.05, 3.63) is 42.6 Å². The summed E-state index contributed by atoms with van der Waals surface area (Å²) in [6, 6.07) is 3.97. The molecular weight excluding hydrogens is 422 g/mol. The molecule has 5 rings (SSSR count). The zero-order chi connectivity index (χ0) is 22.9. The summed E-state index contributed by atoms with van der Waals surface area (Å²) in [6.07, 6.45) is 9.38. The Balaban J connectivity index is 1.30. The van der Waals surface area contributed by atoms with E-state index in [4.69, 9.17) is 9.72 Å². The normalized spacial score (nSPS) is 18.2. The number of carbonyl (C=O) groups excluding carboxylic acids is 1. The number of aromatic amines is 1. The number of hydrogen-bond acceptors (Lipinski definition) is 7. The fraction of sp³-hybridized carbons (Fsp3) is 0.409. The molecule has 4 aromatic rings. The number of rotatable bonds is 6. The van der Waals surface area contributed by atoms with Crippen LogP contribution in [0.2, 0.25) is 0 Å². The SMILES string of the molecule is CC(C)NC(=O)O[C@H]1CC[C@@H](c2cc(Nc3nc(-c4cnn(C)c4)cc4nccn34)n[nH]2)C1. The van der Waals surface area contributed by atoms with E-state index < -0.39 is 0 Å². The van der Waals surface area contributed by atoms with Gasteiger partial charge >= 0.3 is 6.09 Å². The monoisotopic (exact) mass is 449 g/mol. The molecule has 11 heteroatoms. The molecule has 1 saturated carbocycles. The highest BCUT2D eigenvalue weighted by molar-refractivity contribution is 5.68. The van der Waals surface area contributed by atoms with Gasteiger partial charge in [0, 0.05) is 61.0 Å². The Bertz CT molecular complexity index is 1270. The molecule has 0 bridgehead atoms. The van der Waals surface area contributed by atoms with Crippen LogP contribution < -0.4 is 10.6 Å². The van der Waals surface area contributed by atoms with Crippen molar-refractivity contribution in [2.24, 2.45) is 7.05 Å². The first-order chi connectivity index (χ1) is 15.9. The molecule has 0 aliphatic heterocycles. The van der Waals surface area contributed by atoms with E-state index >= 15 is 0 Å². The first-order valence-electron chi connectivity index (χ1n) is 11.1. The molecule has 33 heavy (non-hydrogen) atoms. The minimum absolute atomic E-state index is 0.0585. The van der Waals surface area contributed by atoms with Gasteiger partial charge in [-0.25, -0.2) is 14.8 Å². The lowest BCUT2D eigenvalue weighted by Gasteiger charge is -2.14. The van der Waals surface area contributed by atoms with Gasteiger partial charge in [-0.1, -0.05) is 0 Å². The number of fused-ring (bicyclic) bond motifs is 1. The van der Waals surface area contributed by atoms with Crippen molar-refractivity contribution in [3.63, 3.8) is 0 Å². The Morgan fingerprint density at radius 3 is 2.97 bits per heavy atom. The number of aryl methyl sites for hydroxylation is 1. The van der Waals surface area contributed by atoms with Crippen LogP contribution in [0.1, 0.15) is 44.7 Å². The van der Waals surface area contributed by atoms with E-state index in [1.807, 2.05) is 49.8 Å². The number of amides is 1. The van der Waals surface area contributed by atoms with Crippen molar-refractivity contribution in [2.75, 3.05) is 5.32 Å². The molecule has 1 fully saturated rings. The van der Waals surface area contributed by atoms with Crippen molar-refractivity contribution in [2.45, 2.75) is 51.2 Å². The van der Waals surface area contributed by atoms with Crippen LogP contribution in [-0.4, -0.2) is 52.6 Å². The molecule has 4 aromatic heterocycles. The van der Waals surface area contributed by atoms with Crippen LogP contribution in [0.3, 0.4) is 0 Å². The van der Waals surface area contributed by atoms with E-state index in [0.29, 0.717) is 11.8 Å². The number of ether oxygens (including phenoxy) is 1. The third kappa shape index (κ3) is 4.52. The van der Waals surface area contributed by atoms with Crippen molar-refractivity contribution < 1.29 is 9.53 Å². The number of imidazole rings is 1. The van der Waals surface area contributed by atoms with E-state index in [-0.39, 0.29) is 24.2 Å². The molecule has 1 aliphatic rings. The summed E-state index contributed by atoms with van der Waals surface area (Å²) in [6.45, 7) is 3.83. The number of nitrogens with one attached hydrogen (secondary N) is 3. The maximum absolute atomic E-state index is 11.9. The average molecular weight is 450 g/mol. The number of H-pyrrole nitrogens is 1. The highest BCUT2D eigenvalue weighted by atomic mass is 16.6. The Labute approximate surface area is 190 Å². The molecule has 0 radical (unpaired) electrons. The van der Waals surface area contributed by atoms with E-state index in [9.17, 15) is 4.79 Å². The summed E-state index contributed by atoms with van der Waals surface area (Å²) in [5.74, 6) is 1.53. The maximum Gasteiger partial charge on any atom is 0.407 e. The second-order valence-electron chi connectivity index (χ2n) is 8.69. The number of alkyl carbamates (subject to hydrolysis) is 1. The number of aromatic nitrogens is 7. The fourth-order valence-electron chi connectivity index (χ4n) is 4.19. The number of nitrogens with zero attached hydrogens (tertiary/aromatic N) is 6. The Kier molecular flexibility index (Phi) is 5.45. The number of carbonyl (C=O) groups is 1. The van der Waals surface area contributed by atoms with E-state index in [0.717, 1.165) is 41.9 Å². The Hall–Kier alpha value is -3.89. The van der Waals surface area contributed by atoms with Gasteiger partial charge in [0.15, 0.2) is 5.82 Å². The van der Waals surface area contributed by atoms with E-state index in [1.54, 1.807) is 17.1 Å². The van der Waals surface area contributed by atoms with Crippen LogP contribution in [0, 0.1) is 0 Å². The Morgan fingerprint density at radius 2 is 2.18 bits per heavy atom. The van der Waals surface area contributed by atoms with Crippen LogP contribution in [0.5, 0.6) is 0 Å². The van der Waals surface area contributed by atoms with Crippen molar-refractivity contribution >= 4 is 23.5 Å². The average Bonchev–Trinajstić information content (AvgIpc) is 3.54. The van der Waals surface area contributed by atoms with Gasteiger partial charge in [-0.2, -0.15) is 10.2 Å². The van der Waals surface area contributed by atoms with Crippen molar-refractivity contribution in [1.29, 1.82) is 0 Å². The van der Waals surface area contributed by atoms with Crippen LogP contribution in [0.4, 0.5) is 16.6 Å². The first-order valence-corrected chi connectivity index (χ1v) is 11.1. The van der Waals surface area contributed by atoms with E-state index in [1.165, 1.54) is 0 Å². The molecule has 0 aromatic carbocycles. The molecule has 0 unspecified atom stereocenters. The first kappa shape index (κ1) is 21.0. The quantitative estimate of drug-likeness (QED) is 0.412. The van der Waals surface area contributed by atoms with Gasteiger partial charge in [0.05, 0.1) is 11.9 Å². The maximum atomic E-state index is 11.9. The molecule has 1 amide bonds. The highest BCUT2D eigenvalue weighted by Crippen LogP contribution is 2.36.